The van der Waals surface area contributed by atoms with Crippen molar-refractivity contribution in [2.75, 3.05) is 19.7 Å². The number of carbonyl (C=O) groups is 2. The van der Waals surface area contributed by atoms with Gasteiger partial charge in [0.2, 0.25) is 5.91 Å². The van der Waals surface area contributed by atoms with Gasteiger partial charge in [0.05, 0.1) is 6.10 Å². The number of para-hydroxylation sites is 1. The zero-order valence-corrected chi connectivity index (χ0v) is 20.3. The second-order valence-electron chi connectivity index (χ2n) is 10.9. The topological polar surface area (TPSA) is 78.9 Å². The number of rotatable bonds is 6. The number of fused-ring (bicyclic) bond motifs is 1. The van der Waals surface area contributed by atoms with Gasteiger partial charge in [0, 0.05) is 25.0 Å². The predicted molar refractivity (Wildman–Crippen MR) is 128 cm³/mol. The molecule has 1 heterocycles. The summed E-state index contributed by atoms with van der Waals surface area (Å²) in [6.45, 7) is 8.14. The molecular weight excluding hydrogens is 416 g/mol. The van der Waals surface area contributed by atoms with Crippen molar-refractivity contribution in [3.63, 3.8) is 0 Å². The summed E-state index contributed by atoms with van der Waals surface area (Å²) in [5, 5.41) is 14.7. The van der Waals surface area contributed by atoms with Gasteiger partial charge in [-0.3, -0.25) is 9.59 Å². The Kier molecular flexibility index (Phi) is 7.32. The highest BCUT2D eigenvalue weighted by Crippen LogP contribution is 2.55. The fraction of sp³-hybridized carbons (Fsp3) is 0.704. The number of benzene rings is 1. The van der Waals surface area contributed by atoms with E-state index in [2.05, 4.69) is 19.2 Å². The van der Waals surface area contributed by atoms with E-state index in [0.29, 0.717) is 5.75 Å². The maximum atomic E-state index is 13.1. The van der Waals surface area contributed by atoms with Crippen molar-refractivity contribution >= 4 is 11.8 Å². The summed E-state index contributed by atoms with van der Waals surface area (Å²) in [7, 11) is 0. The fourth-order valence-electron chi connectivity index (χ4n) is 6.82. The van der Waals surface area contributed by atoms with E-state index in [1.54, 1.807) is 0 Å². The minimum atomic E-state index is -0.527. The van der Waals surface area contributed by atoms with E-state index >= 15 is 0 Å². The zero-order chi connectivity index (χ0) is 23.6. The van der Waals surface area contributed by atoms with Crippen LogP contribution in [0.5, 0.6) is 5.75 Å². The van der Waals surface area contributed by atoms with Gasteiger partial charge >= 0.3 is 0 Å². The molecule has 2 amide bonds. The molecule has 2 aliphatic carbocycles. The average Bonchev–Trinajstić information content (AvgIpc) is 3.35. The molecule has 4 rings (SSSR count). The summed E-state index contributed by atoms with van der Waals surface area (Å²) in [6.07, 6.45) is 5.44. The summed E-state index contributed by atoms with van der Waals surface area (Å²) in [6, 6.07) is 9.36. The first-order valence-corrected chi connectivity index (χ1v) is 12.7. The summed E-state index contributed by atoms with van der Waals surface area (Å²) in [5.74, 6) is 0.776. The van der Waals surface area contributed by atoms with Crippen LogP contribution >= 0.6 is 0 Å². The van der Waals surface area contributed by atoms with Crippen LogP contribution in [0.25, 0.3) is 0 Å². The second kappa shape index (κ2) is 10.0. The molecule has 0 aromatic heterocycles. The highest BCUT2D eigenvalue weighted by molar-refractivity contribution is 5.79. The van der Waals surface area contributed by atoms with Crippen LogP contribution in [-0.2, 0) is 9.59 Å². The number of hydrogen-bond acceptors (Lipinski definition) is 4. The quantitative estimate of drug-likeness (QED) is 0.685. The van der Waals surface area contributed by atoms with Gasteiger partial charge in [0.1, 0.15) is 5.75 Å². The van der Waals surface area contributed by atoms with Gasteiger partial charge in [0.15, 0.2) is 6.61 Å². The van der Waals surface area contributed by atoms with Crippen LogP contribution in [0, 0.1) is 29.1 Å². The van der Waals surface area contributed by atoms with Crippen LogP contribution in [0.2, 0.25) is 0 Å². The van der Waals surface area contributed by atoms with Crippen LogP contribution in [0.3, 0.4) is 0 Å². The molecule has 2 N–H and O–H groups in total. The Hall–Kier alpha value is -2.08. The van der Waals surface area contributed by atoms with Crippen LogP contribution in [0.1, 0.15) is 59.3 Å². The van der Waals surface area contributed by atoms with Crippen molar-refractivity contribution in [1.82, 2.24) is 10.2 Å². The van der Waals surface area contributed by atoms with E-state index in [0.717, 1.165) is 51.6 Å². The summed E-state index contributed by atoms with van der Waals surface area (Å²) in [4.78, 5) is 27.6. The molecule has 0 unspecified atom stereocenters. The highest BCUT2D eigenvalue weighted by atomic mass is 16.5. The Bertz CT molecular complexity index is 825. The molecule has 3 fully saturated rings. The van der Waals surface area contributed by atoms with Gasteiger partial charge in [-0.25, -0.2) is 0 Å². The molecule has 0 bridgehead atoms. The first kappa shape index (κ1) is 24.1. The number of aliphatic hydroxyl groups is 1. The van der Waals surface area contributed by atoms with Crippen molar-refractivity contribution in [1.29, 1.82) is 0 Å². The van der Waals surface area contributed by atoms with Crippen molar-refractivity contribution in [3.8, 4) is 5.75 Å². The Morgan fingerprint density at radius 2 is 1.85 bits per heavy atom. The van der Waals surface area contributed by atoms with E-state index in [1.165, 1.54) is 0 Å². The highest BCUT2D eigenvalue weighted by Gasteiger charge is 2.54. The van der Waals surface area contributed by atoms with Gasteiger partial charge in [0.25, 0.3) is 5.91 Å². The molecule has 0 radical (unpaired) electrons. The number of nitrogens with one attached hydrogen (secondary N) is 1. The number of carbonyl (C=O) groups excluding carboxylic acids is 2. The number of hydrogen-bond donors (Lipinski definition) is 2. The van der Waals surface area contributed by atoms with Crippen LogP contribution in [0.15, 0.2) is 30.3 Å². The molecule has 6 nitrogen and oxygen atoms in total. The maximum absolute atomic E-state index is 13.1. The summed E-state index contributed by atoms with van der Waals surface area (Å²) >= 11 is 0. The van der Waals surface area contributed by atoms with Crippen molar-refractivity contribution < 1.29 is 19.4 Å². The molecule has 182 valence electrons. The monoisotopic (exact) mass is 456 g/mol. The number of nitrogens with zero attached hydrogens (tertiary/aromatic N) is 1. The summed E-state index contributed by atoms with van der Waals surface area (Å²) in [5.41, 5.74) is 0.0491. The number of aliphatic hydroxyl groups excluding tert-OH is 1. The Labute approximate surface area is 198 Å². The molecule has 7 atom stereocenters. The fourth-order valence-corrected chi connectivity index (χ4v) is 6.82. The van der Waals surface area contributed by atoms with Gasteiger partial charge in [-0.15, -0.1) is 0 Å². The average molecular weight is 457 g/mol. The lowest BCUT2D eigenvalue weighted by Gasteiger charge is -2.56. The van der Waals surface area contributed by atoms with Crippen LogP contribution in [-0.4, -0.2) is 53.7 Å². The van der Waals surface area contributed by atoms with E-state index in [4.69, 9.17) is 4.74 Å². The predicted octanol–water partition coefficient (Wildman–Crippen LogP) is 3.63. The lowest BCUT2D eigenvalue weighted by atomic mass is 9.51. The molecule has 1 aromatic carbocycles. The SMILES string of the molecule is C[C@@H]1[C@@H]2[C@@H](O)[C@H]([C@H](C)C(=O)N3CCCC3)CC[C@]2(C)CC[C@@H]1NC(=O)COc1ccccc1. The smallest absolute Gasteiger partial charge is 0.258 e. The third-order valence-electron chi connectivity index (χ3n) is 8.80. The standard InChI is InChI=1S/C27H40N2O4/c1-18(26(32)29-15-7-8-16-29)21-11-13-27(3)14-12-22(19(2)24(27)25(21)31)28-23(30)17-33-20-9-5-4-6-10-20/h4-6,9-10,18-19,21-22,24-25,31H,7-8,11-17H2,1-3H3,(H,28,30)/t18-,19-,21-,22-,24+,25-,27+/m0/s1. The maximum Gasteiger partial charge on any atom is 0.258 e. The van der Waals surface area contributed by atoms with Crippen molar-refractivity contribution in [2.24, 2.45) is 29.1 Å². The Balaban J connectivity index is 1.39. The molecule has 2 saturated carbocycles. The largest absolute Gasteiger partial charge is 0.484 e. The normalized spacial score (nSPS) is 34.9. The lowest BCUT2D eigenvalue weighted by Crippen LogP contribution is -2.59. The number of ether oxygens (including phenoxy) is 1. The van der Waals surface area contributed by atoms with Crippen molar-refractivity contribution in [2.45, 2.75) is 71.4 Å². The summed E-state index contributed by atoms with van der Waals surface area (Å²) < 4.78 is 5.61. The number of likely N-dealkylation sites (tertiary alicyclic amines) is 1. The first-order chi connectivity index (χ1) is 15.8. The molecule has 3 aliphatic rings. The molecule has 1 aromatic rings. The van der Waals surface area contributed by atoms with Gasteiger partial charge in [-0.05, 0) is 73.8 Å². The second-order valence-corrected chi connectivity index (χ2v) is 10.9. The van der Waals surface area contributed by atoms with E-state index in [1.807, 2.05) is 42.2 Å². The van der Waals surface area contributed by atoms with Gasteiger partial charge in [-0.1, -0.05) is 39.0 Å². The molecule has 33 heavy (non-hydrogen) atoms. The minimum absolute atomic E-state index is 0.00735. The van der Waals surface area contributed by atoms with Crippen LogP contribution < -0.4 is 10.1 Å². The lowest BCUT2D eigenvalue weighted by molar-refractivity contribution is -0.150. The van der Waals surface area contributed by atoms with Gasteiger partial charge < -0.3 is 20.1 Å². The van der Waals surface area contributed by atoms with Crippen LogP contribution in [0.4, 0.5) is 0 Å². The van der Waals surface area contributed by atoms with Gasteiger partial charge in [-0.2, -0.15) is 0 Å². The molecular formula is C27H40N2O4. The zero-order valence-electron chi connectivity index (χ0n) is 20.3. The molecule has 1 aliphatic heterocycles. The molecule has 0 spiro atoms. The third kappa shape index (κ3) is 5.06. The van der Waals surface area contributed by atoms with E-state index in [9.17, 15) is 14.7 Å². The Morgan fingerprint density at radius 1 is 1.18 bits per heavy atom. The Morgan fingerprint density at radius 3 is 2.55 bits per heavy atom. The minimum Gasteiger partial charge on any atom is -0.484 e. The first-order valence-electron chi connectivity index (χ1n) is 12.7. The van der Waals surface area contributed by atoms with E-state index < -0.39 is 6.10 Å². The third-order valence-corrected chi connectivity index (χ3v) is 8.80. The van der Waals surface area contributed by atoms with E-state index in [-0.39, 0.29) is 53.5 Å². The van der Waals surface area contributed by atoms with Crippen molar-refractivity contribution in [3.05, 3.63) is 30.3 Å². The molecule has 6 heteroatoms. The number of amides is 2. The molecule has 1 saturated heterocycles.